The lowest BCUT2D eigenvalue weighted by Gasteiger charge is -2.15. The van der Waals surface area contributed by atoms with Gasteiger partial charge < -0.3 is 11.1 Å². The molecule has 0 spiro atoms. The maximum Gasteiger partial charge on any atom is 0.416 e. The summed E-state index contributed by atoms with van der Waals surface area (Å²) in [4.78, 5) is 8.35. The third kappa shape index (κ3) is 7.65. The van der Waals surface area contributed by atoms with Crippen LogP contribution < -0.4 is 15.8 Å². The first-order chi connectivity index (χ1) is 17.1. The number of hydrogen-bond donors (Lipinski definition) is 3. The van der Waals surface area contributed by atoms with Crippen molar-refractivity contribution < 1.29 is 21.6 Å². The summed E-state index contributed by atoms with van der Waals surface area (Å²) in [6, 6.07) is 13.7. The van der Waals surface area contributed by atoms with Crippen molar-refractivity contribution in [1.29, 1.82) is 0 Å². The molecule has 0 saturated heterocycles. The van der Waals surface area contributed by atoms with E-state index < -0.39 is 21.8 Å². The van der Waals surface area contributed by atoms with E-state index in [4.69, 9.17) is 5.73 Å². The number of pyridine rings is 1. The third-order valence-electron chi connectivity index (χ3n) is 5.23. The normalized spacial score (nSPS) is 12.7. The molecule has 0 saturated carbocycles. The summed E-state index contributed by atoms with van der Waals surface area (Å²) in [6.07, 6.45) is 2.12. The smallest absolute Gasteiger partial charge is 0.398 e. The highest BCUT2D eigenvalue weighted by atomic mass is 32.2. The molecule has 4 N–H and O–H groups in total. The molecule has 0 radical (unpaired) electrons. The predicted molar refractivity (Wildman–Crippen MR) is 137 cm³/mol. The van der Waals surface area contributed by atoms with E-state index in [9.17, 15) is 21.6 Å². The zero-order valence-electron chi connectivity index (χ0n) is 19.5. The monoisotopic (exact) mass is 517 g/mol. The molecule has 0 unspecified atom stereocenters. The van der Waals surface area contributed by atoms with Gasteiger partial charge in [-0.05, 0) is 60.1 Å². The highest BCUT2D eigenvalue weighted by molar-refractivity contribution is 7.89. The first-order valence-electron chi connectivity index (χ1n) is 10.9. The molecular formula is C25H26F3N5O2S. The van der Waals surface area contributed by atoms with E-state index in [0.29, 0.717) is 34.6 Å². The van der Waals surface area contributed by atoms with Crippen LogP contribution in [0.2, 0.25) is 0 Å². The van der Waals surface area contributed by atoms with Gasteiger partial charge in [-0.15, -0.1) is 0 Å². The molecule has 0 aliphatic heterocycles. The van der Waals surface area contributed by atoms with Crippen LogP contribution in [0.25, 0.3) is 16.8 Å². The van der Waals surface area contributed by atoms with Crippen LogP contribution in [0.4, 0.5) is 18.9 Å². The van der Waals surface area contributed by atoms with Gasteiger partial charge in [-0.3, -0.25) is 9.98 Å². The molecule has 0 aliphatic carbocycles. The molecule has 3 rings (SSSR count). The second-order valence-electron chi connectivity index (χ2n) is 7.76. The van der Waals surface area contributed by atoms with Crippen molar-refractivity contribution in [3.8, 4) is 11.1 Å². The third-order valence-corrected chi connectivity index (χ3v) is 6.59. The highest BCUT2D eigenvalue weighted by Gasteiger charge is 2.30. The van der Waals surface area contributed by atoms with Crippen LogP contribution in [0.1, 0.15) is 16.7 Å². The van der Waals surface area contributed by atoms with E-state index in [2.05, 4.69) is 20.0 Å². The number of aromatic nitrogens is 1. The molecule has 190 valence electrons. The number of anilines is 1. The van der Waals surface area contributed by atoms with E-state index in [-0.39, 0.29) is 12.3 Å². The molecule has 1 heterocycles. The largest absolute Gasteiger partial charge is 0.416 e. The van der Waals surface area contributed by atoms with Crippen molar-refractivity contribution in [2.24, 2.45) is 10.7 Å². The van der Waals surface area contributed by atoms with Crippen LogP contribution in [-0.2, 0) is 22.7 Å². The summed E-state index contributed by atoms with van der Waals surface area (Å²) in [5.41, 5.74) is 9.22. The molecule has 0 atom stereocenters. The fourth-order valence-electron chi connectivity index (χ4n) is 3.26. The molecular weight excluding hydrogens is 491 g/mol. The van der Waals surface area contributed by atoms with Crippen LogP contribution in [-0.4, -0.2) is 39.0 Å². The number of benzene rings is 2. The first kappa shape index (κ1) is 26.9. The number of alkyl halides is 3. The molecule has 11 heteroatoms. The van der Waals surface area contributed by atoms with E-state index >= 15 is 0 Å². The van der Waals surface area contributed by atoms with Gasteiger partial charge in [0, 0.05) is 42.1 Å². The van der Waals surface area contributed by atoms with Crippen molar-refractivity contribution in [3.05, 3.63) is 89.8 Å². The molecule has 2 aromatic carbocycles. The van der Waals surface area contributed by atoms with Gasteiger partial charge >= 0.3 is 6.18 Å². The summed E-state index contributed by atoms with van der Waals surface area (Å²) in [5, 5.41) is 3.07. The Morgan fingerprint density at radius 3 is 2.47 bits per heavy atom. The summed E-state index contributed by atoms with van der Waals surface area (Å²) >= 11 is 0. The Balaban J connectivity index is 1.88. The Morgan fingerprint density at radius 2 is 1.83 bits per heavy atom. The van der Waals surface area contributed by atoms with E-state index in [0.717, 1.165) is 17.7 Å². The number of rotatable bonds is 10. The van der Waals surface area contributed by atoms with Gasteiger partial charge in [0.05, 0.1) is 17.9 Å². The van der Waals surface area contributed by atoms with Gasteiger partial charge in [0.15, 0.2) is 0 Å². The van der Waals surface area contributed by atoms with Gasteiger partial charge in [0.25, 0.3) is 0 Å². The minimum Gasteiger partial charge on any atom is -0.398 e. The lowest BCUT2D eigenvalue weighted by atomic mass is 9.99. The van der Waals surface area contributed by atoms with Gasteiger partial charge in [0.2, 0.25) is 10.0 Å². The summed E-state index contributed by atoms with van der Waals surface area (Å²) in [7, 11) is -2.07. The zero-order valence-corrected chi connectivity index (χ0v) is 20.3. The Hall–Kier alpha value is -3.70. The average Bonchev–Trinajstić information content (AvgIpc) is 2.87. The lowest BCUT2D eigenvalue weighted by molar-refractivity contribution is -0.137. The Kier molecular flexibility index (Phi) is 8.83. The number of nitrogens with one attached hydrogen (secondary N) is 2. The van der Waals surface area contributed by atoms with Gasteiger partial charge in [0.1, 0.15) is 0 Å². The minimum absolute atomic E-state index is 0.123. The van der Waals surface area contributed by atoms with Gasteiger partial charge in [-0.1, -0.05) is 24.3 Å². The Morgan fingerprint density at radius 1 is 1.11 bits per heavy atom. The van der Waals surface area contributed by atoms with E-state index in [1.54, 1.807) is 42.9 Å². The highest BCUT2D eigenvalue weighted by Crippen LogP contribution is 2.32. The van der Waals surface area contributed by atoms with Crippen LogP contribution in [0.15, 0.2) is 78.1 Å². The van der Waals surface area contributed by atoms with Crippen molar-refractivity contribution in [3.63, 3.8) is 0 Å². The lowest BCUT2D eigenvalue weighted by Crippen LogP contribution is -2.26. The topological polar surface area (TPSA) is 109 Å². The summed E-state index contributed by atoms with van der Waals surface area (Å²) in [5.74, 6) is -0.153. The zero-order chi connectivity index (χ0) is 26.2. The van der Waals surface area contributed by atoms with Crippen LogP contribution >= 0.6 is 0 Å². The van der Waals surface area contributed by atoms with E-state index in [1.165, 1.54) is 19.2 Å². The molecule has 0 bridgehead atoms. The molecule has 0 fully saturated rings. The van der Waals surface area contributed by atoms with Crippen molar-refractivity contribution >= 4 is 27.6 Å². The summed E-state index contributed by atoms with van der Waals surface area (Å²) in [6.45, 7) is 0.536. The van der Waals surface area contributed by atoms with Gasteiger partial charge in [-0.2, -0.15) is 13.2 Å². The minimum atomic E-state index is -4.42. The van der Waals surface area contributed by atoms with Crippen LogP contribution in [0, 0.1) is 0 Å². The van der Waals surface area contributed by atoms with Crippen LogP contribution in [0.3, 0.4) is 0 Å². The van der Waals surface area contributed by atoms with Crippen molar-refractivity contribution in [2.45, 2.75) is 12.7 Å². The number of aliphatic imine (C=N–C) groups is 1. The fourth-order valence-corrected chi connectivity index (χ4v) is 3.84. The SMILES string of the molecule is CNS(=O)(=O)CCNc1ccc(-c2ccc(C(F)(F)F)cc2)cc1C(N)=CC=NCc1cccnc1. The molecule has 0 amide bonds. The molecule has 3 aromatic rings. The maximum absolute atomic E-state index is 12.9. The standard InChI is InChI=1S/C25H26F3N5O2S/c1-30-36(34,35)14-13-33-24-9-6-20(19-4-7-21(8-5-19)25(26,27)28)15-22(24)23(29)10-12-32-17-18-3-2-11-31-16-18/h2-12,15-16,30,33H,13-14,17,29H2,1H3. The van der Waals surface area contributed by atoms with Gasteiger partial charge in [-0.25, -0.2) is 13.1 Å². The number of nitrogens with zero attached hydrogens (tertiary/aromatic N) is 2. The second kappa shape index (κ2) is 11.8. The second-order valence-corrected chi connectivity index (χ2v) is 9.80. The number of halogens is 3. The van der Waals surface area contributed by atoms with Crippen LogP contribution in [0.5, 0.6) is 0 Å². The molecule has 36 heavy (non-hydrogen) atoms. The number of hydrogen-bond acceptors (Lipinski definition) is 6. The summed E-state index contributed by atoms with van der Waals surface area (Å²) < 4.78 is 64.5. The molecule has 1 aromatic heterocycles. The first-order valence-corrected chi connectivity index (χ1v) is 12.6. The van der Waals surface area contributed by atoms with Crippen molar-refractivity contribution in [1.82, 2.24) is 9.71 Å². The molecule has 0 aliphatic rings. The predicted octanol–water partition coefficient (Wildman–Crippen LogP) is 4.30. The quantitative estimate of drug-likeness (QED) is 0.348. The number of nitrogens with two attached hydrogens (primary N) is 1. The number of sulfonamides is 1. The molecule has 7 nitrogen and oxygen atoms in total. The Labute approximate surface area is 208 Å². The van der Waals surface area contributed by atoms with Crippen molar-refractivity contribution in [2.75, 3.05) is 24.7 Å². The Bertz CT molecular complexity index is 1320. The maximum atomic E-state index is 12.9. The average molecular weight is 518 g/mol. The van der Waals surface area contributed by atoms with E-state index in [1.807, 2.05) is 12.1 Å². The number of allylic oxidation sites excluding steroid dienone is 1. The fraction of sp³-hybridized carbons (Fsp3) is 0.200.